The van der Waals surface area contributed by atoms with Gasteiger partial charge in [0.25, 0.3) is 0 Å². The van der Waals surface area contributed by atoms with Gasteiger partial charge >= 0.3 is 0 Å². The average Bonchev–Trinajstić information content (AvgIpc) is 2.58. The summed E-state index contributed by atoms with van der Waals surface area (Å²) in [6, 6.07) is 15.0. The second-order valence-electron chi connectivity index (χ2n) is 4.89. The van der Waals surface area contributed by atoms with Crippen molar-refractivity contribution in [3.8, 4) is 0 Å². The monoisotopic (exact) mass is 312 g/mol. The van der Waals surface area contributed by atoms with E-state index >= 15 is 0 Å². The van der Waals surface area contributed by atoms with Crippen molar-refractivity contribution in [3.63, 3.8) is 0 Å². The highest BCUT2D eigenvalue weighted by Crippen LogP contribution is 2.23. The van der Waals surface area contributed by atoms with E-state index in [-0.39, 0.29) is 0 Å². The molecule has 0 saturated heterocycles. The summed E-state index contributed by atoms with van der Waals surface area (Å²) >= 11 is 0. The highest BCUT2D eigenvalue weighted by Gasteiger charge is 2.08. The molecule has 1 N–H and O–H groups in total. The minimum Gasteiger partial charge on any atom is -0.329 e. The Hall–Kier alpha value is -3.02. The summed E-state index contributed by atoms with van der Waals surface area (Å²) < 4.78 is 26.2. The van der Waals surface area contributed by atoms with Gasteiger partial charge in [-0.15, -0.1) is 0 Å². The van der Waals surface area contributed by atoms with Gasteiger partial charge in [0.2, 0.25) is 5.95 Å². The van der Waals surface area contributed by atoms with Crippen LogP contribution in [0.25, 0.3) is 0 Å². The maximum atomic E-state index is 13.2. The third-order valence-corrected chi connectivity index (χ3v) is 3.30. The lowest BCUT2D eigenvalue weighted by atomic mass is 10.3. The van der Waals surface area contributed by atoms with Gasteiger partial charge < -0.3 is 10.2 Å². The molecule has 3 rings (SSSR count). The van der Waals surface area contributed by atoms with Crippen LogP contribution in [-0.2, 0) is 0 Å². The van der Waals surface area contributed by atoms with Crippen LogP contribution in [0, 0.1) is 11.6 Å². The maximum Gasteiger partial charge on any atom is 0.229 e. The number of benzene rings is 2. The smallest absolute Gasteiger partial charge is 0.229 e. The van der Waals surface area contributed by atoms with Crippen LogP contribution in [0.3, 0.4) is 0 Å². The maximum absolute atomic E-state index is 13.2. The molecular weight excluding hydrogens is 298 g/mol. The molecule has 0 saturated carbocycles. The van der Waals surface area contributed by atoms with Crippen LogP contribution in [-0.4, -0.2) is 17.0 Å². The van der Waals surface area contributed by atoms with E-state index in [1.165, 1.54) is 6.07 Å². The Morgan fingerprint density at radius 2 is 1.74 bits per heavy atom. The molecule has 0 aliphatic rings. The zero-order valence-electron chi connectivity index (χ0n) is 12.4. The number of para-hydroxylation sites is 1. The van der Waals surface area contributed by atoms with Crippen molar-refractivity contribution in [1.29, 1.82) is 0 Å². The second kappa shape index (κ2) is 6.39. The van der Waals surface area contributed by atoms with E-state index in [0.717, 1.165) is 17.8 Å². The van der Waals surface area contributed by atoms with Crippen LogP contribution in [0.4, 0.5) is 31.9 Å². The van der Waals surface area contributed by atoms with E-state index in [9.17, 15) is 8.78 Å². The van der Waals surface area contributed by atoms with Crippen molar-refractivity contribution in [2.45, 2.75) is 0 Å². The predicted octanol–water partition coefficient (Wildman–Crippen LogP) is 4.27. The van der Waals surface area contributed by atoms with Gasteiger partial charge in [-0.1, -0.05) is 18.2 Å². The number of halogens is 2. The molecule has 116 valence electrons. The van der Waals surface area contributed by atoms with Crippen LogP contribution in [0.15, 0.2) is 60.8 Å². The summed E-state index contributed by atoms with van der Waals surface area (Å²) in [5, 5.41) is 2.86. The second-order valence-corrected chi connectivity index (χ2v) is 4.89. The average molecular weight is 312 g/mol. The third kappa shape index (κ3) is 3.42. The lowest BCUT2D eigenvalue weighted by Crippen LogP contribution is -2.12. The number of hydrogen-bond donors (Lipinski definition) is 1. The molecule has 3 aromatic rings. The molecule has 6 heteroatoms. The lowest BCUT2D eigenvalue weighted by molar-refractivity contribution is 0.509. The Balaban J connectivity index is 1.83. The van der Waals surface area contributed by atoms with Crippen LogP contribution in [0.2, 0.25) is 0 Å². The van der Waals surface area contributed by atoms with Crippen LogP contribution >= 0.6 is 0 Å². The highest BCUT2D eigenvalue weighted by molar-refractivity contribution is 5.61. The summed E-state index contributed by atoms with van der Waals surface area (Å²) in [4.78, 5) is 10.4. The summed E-state index contributed by atoms with van der Waals surface area (Å²) in [5.74, 6) is -0.839. The molecule has 1 heterocycles. The van der Waals surface area contributed by atoms with Crippen molar-refractivity contribution in [3.05, 3.63) is 72.4 Å². The number of nitrogens with one attached hydrogen (secondary N) is 1. The standard InChI is InChI=1S/C17H14F2N4/c1-23(13-5-3-2-4-6-13)16-9-10-20-17(22-16)21-12-7-8-14(18)15(19)11-12/h2-11H,1H3,(H,20,21,22). The van der Waals surface area contributed by atoms with Crippen LogP contribution in [0.5, 0.6) is 0 Å². The molecule has 0 aliphatic carbocycles. The largest absolute Gasteiger partial charge is 0.329 e. The minimum absolute atomic E-state index is 0.302. The Bertz CT molecular complexity index is 809. The van der Waals surface area contributed by atoms with Crippen molar-refractivity contribution in [2.24, 2.45) is 0 Å². The molecule has 2 aromatic carbocycles. The van der Waals surface area contributed by atoms with Gasteiger partial charge in [0.15, 0.2) is 11.6 Å². The summed E-state index contributed by atoms with van der Waals surface area (Å²) in [6.07, 6.45) is 1.60. The first kappa shape index (κ1) is 14.9. The fourth-order valence-electron chi connectivity index (χ4n) is 2.08. The summed E-state index contributed by atoms with van der Waals surface area (Å²) in [5.41, 5.74) is 1.35. The van der Waals surface area contributed by atoms with E-state index in [2.05, 4.69) is 15.3 Å². The first-order valence-electron chi connectivity index (χ1n) is 6.97. The number of hydrogen-bond acceptors (Lipinski definition) is 4. The Morgan fingerprint density at radius 3 is 2.48 bits per heavy atom. The molecule has 1 aromatic heterocycles. The normalized spacial score (nSPS) is 10.4. The van der Waals surface area contributed by atoms with Gasteiger partial charge in [-0.25, -0.2) is 13.8 Å². The summed E-state index contributed by atoms with van der Waals surface area (Å²) in [6.45, 7) is 0. The van der Waals surface area contributed by atoms with E-state index in [1.807, 2.05) is 42.3 Å². The van der Waals surface area contributed by atoms with E-state index in [4.69, 9.17) is 0 Å². The lowest BCUT2D eigenvalue weighted by Gasteiger charge is -2.18. The fourth-order valence-corrected chi connectivity index (χ4v) is 2.08. The van der Waals surface area contributed by atoms with Gasteiger partial charge in [0.05, 0.1) is 0 Å². The van der Waals surface area contributed by atoms with Gasteiger partial charge in [0, 0.05) is 30.7 Å². The fraction of sp³-hybridized carbons (Fsp3) is 0.0588. The van der Waals surface area contributed by atoms with E-state index in [1.54, 1.807) is 12.3 Å². The van der Waals surface area contributed by atoms with E-state index < -0.39 is 11.6 Å². The quantitative estimate of drug-likeness (QED) is 0.781. The molecule has 0 fully saturated rings. The molecule has 0 radical (unpaired) electrons. The molecule has 0 amide bonds. The number of nitrogens with zero attached hydrogens (tertiary/aromatic N) is 3. The predicted molar refractivity (Wildman–Crippen MR) is 86.2 cm³/mol. The SMILES string of the molecule is CN(c1ccccc1)c1ccnc(Nc2ccc(F)c(F)c2)n1. The van der Waals surface area contributed by atoms with Gasteiger partial charge in [-0.05, 0) is 30.3 Å². The topological polar surface area (TPSA) is 41.1 Å². The molecule has 0 atom stereocenters. The summed E-state index contributed by atoms with van der Waals surface area (Å²) in [7, 11) is 1.89. The number of anilines is 4. The molecule has 4 nitrogen and oxygen atoms in total. The van der Waals surface area contributed by atoms with Crippen molar-refractivity contribution >= 4 is 23.1 Å². The van der Waals surface area contributed by atoms with Crippen molar-refractivity contribution < 1.29 is 8.78 Å². The van der Waals surface area contributed by atoms with Gasteiger partial charge in [-0.3, -0.25) is 0 Å². The molecular formula is C17H14F2N4. The number of rotatable bonds is 4. The van der Waals surface area contributed by atoms with Crippen molar-refractivity contribution in [1.82, 2.24) is 9.97 Å². The Kier molecular flexibility index (Phi) is 4.14. The van der Waals surface area contributed by atoms with Crippen LogP contribution < -0.4 is 10.2 Å². The molecule has 0 unspecified atom stereocenters. The highest BCUT2D eigenvalue weighted by atomic mass is 19.2. The zero-order chi connectivity index (χ0) is 16.2. The van der Waals surface area contributed by atoms with E-state index in [0.29, 0.717) is 17.5 Å². The molecule has 0 spiro atoms. The Labute approximate surface area is 132 Å². The Morgan fingerprint density at radius 1 is 0.957 bits per heavy atom. The minimum atomic E-state index is -0.924. The number of aromatic nitrogens is 2. The van der Waals surface area contributed by atoms with Gasteiger partial charge in [0.1, 0.15) is 5.82 Å². The zero-order valence-corrected chi connectivity index (χ0v) is 12.4. The third-order valence-electron chi connectivity index (χ3n) is 3.30. The van der Waals surface area contributed by atoms with Gasteiger partial charge in [-0.2, -0.15) is 4.98 Å². The first-order valence-corrected chi connectivity index (χ1v) is 6.97. The molecule has 0 bridgehead atoms. The molecule has 0 aliphatic heterocycles. The van der Waals surface area contributed by atoms with Crippen molar-refractivity contribution in [2.75, 3.05) is 17.3 Å². The molecule has 23 heavy (non-hydrogen) atoms. The first-order chi connectivity index (χ1) is 11.1. The van der Waals surface area contributed by atoms with Crippen LogP contribution in [0.1, 0.15) is 0 Å².